The molecule has 0 saturated carbocycles. The van der Waals surface area contributed by atoms with Gasteiger partial charge in [-0.05, 0) is 37.1 Å². The molecule has 2 heterocycles. The third kappa shape index (κ3) is 3.48. The fraction of sp³-hybridized carbons (Fsp3) is 0.474. The maximum atomic E-state index is 12.8. The van der Waals surface area contributed by atoms with Gasteiger partial charge in [0.05, 0.1) is 12.2 Å². The molecule has 6 nitrogen and oxygen atoms in total. The van der Waals surface area contributed by atoms with Crippen LogP contribution in [0, 0.1) is 0 Å². The molecule has 0 atom stereocenters. The van der Waals surface area contributed by atoms with E-state index in [-0.39, 0.29) is 11.5 Å². The van der Waals surface area contributed by atoms with E-state index in [1.165, 1.54) is 6.42 Å². The molecule has 1 aromatic heterocycles. The molecular weight excluding hydrogens is 316 g/mol. The number of hydrogen-bond acceptors (Lipinski definition) is 3. The summed E-state index contributed by atoms with van der Waals surface area (Å²) < 4.78 is 1.73. The molecule has 1 N–H and O–H groups in total. The Bertz CT molecular complexity index is 804. The average molecular weight is 342 g/mol. The normalized spacial score (nSPS) is 13.6. The molecule has 134 valence electrons. The molecule has 0 aliphatic carbocycles. The number of aromatic nitrogens is 2. The Hall–Kier alpha value is -2.50. The van der Waals surface area contributed by atoms with Crippen LogP contribution in [0.1, 0.15) is 41.4 Å². The van der Waals surface area contributed by atoms with Crippen molar-refractivity contribution >= 4 is 11.6 Å². The first kappa shape index (κ1) is 17.3. The van der Waals surface area contributed by atoms with Gasteiger partial charge in [-0.3, -0.25) is 19.4 Å². The summed E-state index contributed by atoms with van der Waals surface area (Å²) in [7, 11) is 3.89. The molecule has 25 heavy (non-hydrogen) atoms. The number of fused-ring (bicyclic) bond motifs is 1. The molecule has 3 rings (SSSR count). The van der Waals surface area contributed by atoms with Crippen LogP contribution in [-0.4, -0.2) is 40.7 Å². The van der Waals surface area contributed by atoms with Crippen LogP contribution in [0.5, 0.6) is 0 Å². The highest BCUT2D eigenvalue weighted by molar-refractivity contribution is 5.94. The van der Waals surface area contributed by atoms with E-state index in [0.29, 0.717) is 25.1 Å². The van der Waals surface area contributed by atoms with Gasteiger partial charge < -0.3 is 9.80 Å². The minimum Gasteiger partial charge on any atom is -0.375 e. The van der Waals surface area contributed by atoms with Crippen LogP contribution in [0.3, 0.4) is 0 Å². The number of anilines is 1. The largest absolute Gasteiger partial charge is 0.375 e. The standard InChI is InChI=1S/C19H26N4O2/c1-4-5-11-21(2)15-8-6-14(7-9-15)19(25)23-12-10-16-17(13-23)22(3)20-18(16)24/h6-9H,4-5,10-13H2,1-3H3,(H,20,24). The number of nitrogens with one attached hydrogen (secondary N) is 1. The summed E-state index contributed by atoms with van der Waals surface area (Å²) in [5.74, 6) is 0.0158. The summed E-state index contributed by atoms with van der Waals surface area (Å²) in [6.45, 7) is 4.25. The van der Waals surface area contributed by atoms with E-state index >= 15 is 0 Å². The number of unbranched alkanes of at least 4 members (excludes halogenated alkanes) is 1. The van der Waals surface area contributed by atoms with E-state index in [2.05, 4.69) is 24.0 Å². The van der Waals surface area contributed by atoms with Crippen molar-refractivity contribution in [3.8, 4) is 0 Å². The summed E-state index contributed by atoms with van der Waals surface area (Å²) in [5.41, 5.74) is 3.49. The summed E-state index contributed by atoms with van der Waals surface area (Å²) in [6, 6.07) is 7.80. The van der Waals surface area contributed by atoms with E-state index in [4.69, 9.17) is 0 Å². The first-order valence-corrected chi connectivity index (χ1v) is 8.88. The number of aryl methyl sites for hydroxylation is 1. The quantitative estimate of drug-likeness (QED) is 0.906. The smallest absolute Gasteiger partial charge is 0.267 e. The van der Waals surface area contributed by atoms with Crippen molar-refractivity contribution in [3.63, 3.8) is 0 Å². The molecule has 0 spiro atoms. The van der Waals surface area contributed by atoms with Crippen molar-refractivity contribution in [1.82, 2.24) is 14.7 Å². The lowest BCUT2D eigenvalue weighted by Gasteiger charge is -2.27. The van der Waals surface area contributed by atoms with Gasteiger partial charge in [-0.15, -0.1) is 0 Å². The van der Waals surface area contributed by atoms with Gasteiger partial charge in [0.2, 0.25) is 0 Å². The van der Waals surface area contributed by atoms with E-state index in [9.17, 15) is 9.59 Å². The second-order valence-corrected chi connectivity index (χ2v) is 6.72. The molecule has 2 aromatic rings. The predicted octanol–water partition coefficient (Wildman–Crippen LogP) is 2.15. The van der Waals surface area contributed by atoms with E-state index in [0.717, 1.165) is 29.9 Å². The van der Waals surface area contributed by atoms with Crippen LogP contribution in [0.15, 0.2) is 29.1 Å². The number of rotatable bonds is 5. The van der Waals surface area contributed by atoms with Gasteiger partial charge in [-0.25, -0.2) is 0 Å². The Morgan fingerprint density at radius 2 is 2.00 bits per heavy atom. The first-order chi connectivity index (χ1) is 12.0. The van der Waals surface area contributed by atoms with E-state index < -0.39 is 0 Å². The topological polar surface area (TPSA) is 61.3 Å². The Kier molecular flexibility index (Phi) is 4.97. The number of aromatic amines is 1. The number of nitrogens with zero attached hydrogens (tertiary/aromatic N) is 3. The average Bonchev–Trinajstić information content (AvgIpc) is 2.92. The Morgan fingerprint density at radius 1 is 1.28 bits per heavy atom. The molecule has 0 unspecified atom stereocenters. The van der Waals surface area contributed by atoms with Gasteiger partial charge in [-0.2, -0.15) is 0 Å². The molecule has 1 aliphatic rings. The Labute approximate surface area is 148 Å². The summed E-state index contributed by atoms with van der Waals surface area (Å²) in [6.07, 6.45) is 2.93. The van der Waals surface area contributed by atoms with Gasteiger partial charge in [0, 0.05) is 44.0 Å². The molecule has 6 heteroatoms. The Morgan fingerprint density at radius 3 is 2.68 bits per heavy atom. The zero-order chi connectivity index (χ0) is 18.0. The van der Waals surface area contributed by atoms with Crippen LogP contribution in [0.25, 0.3) is 0 Å². The van der Waals surface area contributed by atoms with Gasteiger partial charge in [0.25, 0.3) is 11.5 Å². The first-order valence-electron chi connectivity index (χ1n) is 8.88. The van der Waals surface area contributed by atoms with Gasteiger partial charge in [0.1, 0.15) is 0 Å². The Balaban J connectivity index is 1.71. The van der Waals surface area contributed by atoms with Crippen LogP contribution in [-0.2, 0) is 20.0 Å². The second-order valence-electron chi connectivity index (χ2n) is 6.72. The SMILES string of the molecule is CCCCN(C)c1ccc(C(=O)N2CCc3c(n(C)[nH]c3=O)C2)cc1. The summed E-state index contributed by atoms with van der Waals surface area (Å²) >= 11 is 0. The lowest BCUT2D eigenvalue weighted by atomic mass is 10.1. The molecule has 0 bridgehead atoms. The monoisotopic (exact) mass is 342 g/mol. The van der Waals surface area contributed by atoms with E-state index in [1.54, 1.807) is 4.68 Å². The lowest BCUT2D eigenvalue weighted by Crippen LogP contribution is -2.37. The van der Waals surface area contributed by atoms with Crippen molar-refractivity contribution in [1.29, 1.82) is 0 Å². The minimum absolute atomic E-state index is 0.0158. The highest BCUT2D eigenvalue weighted by Gasteiger charge is 2.26. The molecule has 1 aliphatic heterocycles. The highest BCUT2D eigenvalue weighted by Crippen LogP contribution is 2.20. The number of amides is 1. The number of carbonyl (C=O) groups is 1. The zero-order valence-corrected chi connectivity index (χ0v) is 15.2. The third-order valence-corrected chi connectivity index (χ3v) is 4.96. The molecule has 1 aromatic carbocycles. The van der Waals surface area contributed by atoms with Crippen LogP contribution in [0.2, 0.25) is 0 Å². The molecule has 1 amide bonds. The number of benzene rings is 1. The molecule has 0 fully saturated rings. The number of carbonyl (C=O) groups excluding carboxylic acids is 1. The van der Waals surface area contributed by atoms with Crippen molar-refractivity contribution in [2.75, 3.05) is 25.0 Å². The van der Waals surface area contributed by atoms with Crippen LogP contribution >= 0.6 is 0 Å². The molecule has 0 saturated heterocycles. The molecule has 0 radical (unpaired) electrons. The summed E-state index contributed by atoms with van der Waals surface area (Å²) in [4.78, 5) is 28.6. The van der Waals surface area contributed by atoms with Crippen molar-refractivity contribution in [3.05, 3.63) is 51.4 Å². The van der Waals surface area contributed by atoms with Gasteiger partial charge >= 0.3 is 0 Å². The lowest BCUT2D eigenvalue weighted by molar-refractivity contribution is 0.0730. The highest BCUT2D eigenvalue weighted by atomic mass is 16.2. The maximum Gasteiger partial charge on any atom is 0.267 e. The van der Waals surface area contributed by atoms with Crippen molar-refractivity contribution < 1.29 is 4.79 Å². The summed E-state index contributed by atoms with van der Waals surface area (Å²) in [5, 5.41) is 2.77. The van der Waals surface area contributed by atoms with Crippen LogP contribution in [0.4, 0.5) is 5.69 Å². The molecular formula is C19H26N4O2. The van der Waals surface area contributed by atoms with Gasteiger partial charge in [-0.1, -0.05) is 13.3 Å². The third-order valence-electron chi connectivity index (χ3n) is 4.96. The number of hydrogen-bond donors (Lipinski definition) is 1. The number of H-pyrrole nitrogens is 1. The minimum atomic E-state index is -0.0379. The van der Waals surface area contributed by atoms with E-state index in [1.807, 2.05) is 36.2 Å². The fourth-order valence-electron chi connectivity index (χ4n) is 3.33. The maximum absolute atomic E-state index is 12.8. The predicted molar refractivity (Wildman–Crippen MR) is 99.1 cm³/mol. The van der Waals surface area contributed by atoms with Gasteiger partial charge in [0.15, 0.2) is 0 Å². The fourth-order valence-corrected chi connectivity index (χ4v) is 3.33. The van der Waals surface area contributed by atoms with Crippen LogP contribution < -0.4 is 10.5 Å². The second kappa shape index (κ2) is 7.17. The zero-order valence-electron chi connectivity index (χ0n) is 15.2. The van der Waals surface area contributed by atoms with Crippen molar-refractivity contribution in [2.45, 2.75) is 32.7 Å². The van der Waals surface area contributed by atoms with Crippen molar-refractivity contribution in [2.24, 2.45) is 7.05 Å².